The summed E-state index contributed by atoms with van der Waals surface area (Å²) in [5.74, 6) is -0.284. The Morgan fingerprint density at radius 1 is 1.25 bits per heavy atom. The fraction of sp³-hybridized carbons (Fsp3) is 0.333. The zero-order valence-electron chi connectivity index (χ0n) is 11.1. The lowest BCUT2D eigenvalue weighted by Gasteiger charge is -2.15. The minimum atomic E-state index is -0.424. The van der Waals surface area contributed by atoms with Crippen LogP contribution in [0.2, 0.25) is 0 Å². The number of carbonyl (C=O) groups excluding carboxylic acids is 2. The van der Waals surface area contributed by atoms with Crippen LogP contribution in [0.4, 0.5) is 0 Å². The molecule has 20 heavy (non-hydrogen) atoms. The third kappa shape index (κ3) is 2.52. The van der Waals surface area contributed by atoms with Gasteiger partial charge >= 0.3 is 0 Å². The van der Waals surface area contributed by atoms with Gasteiger partial charge in [0.2, 0.25) is 5.91 Å². The van der Waals surface area contributed by atoms with Gasteiger partial charge in [-0.05, 0) is 43.5 Å². The third-order valence-electron chi connectivity index (χ3n) is 3.66. The summed E-state index contributed by atoms with van der Waals surface area (Å²) in [4.78, 5) is 27.1. The van der Waals surface area contributed by atoms with Crippen molar-refractivity contribution in [2.75, 3.05) is 6.54 Å². The summed E-state index contributed by atoms with van der Waals surface area (Å²) in [7, 11) is 0. The van der Waals surface area contributed by atoms with Crippen LogP contribution in [0.1, 0.15) is 29.6 Å². The fourth-order valence-corrected chi connectivity index (χ4v) is 2.51. The molecule has 3 rings (SSSR count). The van der Waals surface area contributed by atoms with Gasteiger partial charge in [-0.15, -0.1) is 0 Å². The Bertz CT molecular complexity index is 647. The first-order chi connectivity index (χ1) is 9.74. The zero-order chi connectivity index (χ0) is 13.9. The van der Waals surface area contributed by atoms with E-state index in [1.165, 1.54) is 0 Å². The van der Waals surface area contributed by atoms with E-state index in [2.05, 4.69) is 15.6 Å². The maximum absolute atomic E-state index is 12.2. The van der Waals surface area contributed by atoms with Crippen LogP contribution in [0, 0.1) is 0 Å². The first kappa shape index (κ1) is 12.7. The van der Waals surface area contributed by atoms with E-state index >= 15 is 0 Å². The topological polar surface area (TPSA) is 74.0 Å². The molecule has 1 aromatic carbocycles. The second kappa shape index (κ2) is 5.36. The van der Waals surface area contributed by atoms with Crippen LogP contribution < -0.4 is 10.6 Å². The molecular formula is C15H17N3O2. The number of amides is 2. The van der Waals surface area contributed by atoms with Crippen molar-refractivity contribution in [3.8, 4) is 0 Å². The predicted molar refractivity (Wildman–Crippen MR) is 76.4 cm³/mol. The van der Waals surface area contributed by atoms with Gasteiger partial charge < -0.3 is 15.6 Å². The monoisotopic (exact) mass is 271 g/mol. The first-order valence-corrected chi connectivity index (χ1v) is 6.90. The highest BCUT2D eigenvalue weighted by Crippen LogP contribution is 2.15. The molecule has 1 fully saturated rings. The molecule has 1 atom stereocenters. The number of rotatable bonds is 2. The maximum Gasteiger partial charge on any atom is 0.251 e. The molecule has 1 aliphatic rings. The molecule has 5 nitrogen and oxygen atoms in total. The van der Waals surface area contributed by atoms with Gasteiger partial charge in [0.25, 0.3) is 5.91 Å². The Labute approximate surface area is 116 Å². The van der Waals surface area contributed by atoms with Crippen molar-refractivity contribution in [1.82, 2.24) is 15.6 Å². The van der Waals surface area contributed by atoms with Crippen molar-refractivity contribution in [2.45, 2.75) is 25.3 Å². The van der Waals surface area contributed by atoms with E-state index in [4.69, 9.17) is 0 Å². The van der Waals surface area contributed by atoms with Crippen molar-refractivity contribution in [1.29, 1.82) is 0 Å². The molecule has 1 aromatic heterocycles. The zero-order valence-corrected chi connectivity index (χ0v) is 11.1. The molecule has 2 aromatic rings. The van der Waals surface area contributed by atoms with Gasteiger partial charge in [-0.25, -0.2) is 0 Å². The number of aromatic nitrogens is 1. The molecule has 1 saturated heterocycles. The smallest absolute Gasteiger partial charge is 0.251 e. The van der Waals surface area contributed by atoms with E-state index in [1.807, 2.05) is 24.4 Å². The number of aromatic amines is 1. The number of nitrogens with one attached hydrogen (secondary N) is 3. The van der Waals surface area contributed by atoms with E-state index in [1.54, 1.807) is 6.07 Å². The SMILES string of the molecule is O=C(NC1CCCCNC1=O)c1ccc2[nH]ccc2c1. The van der Waals surface area contributed by atoms with Crippen molar-refractivity contribution in [3.63, 3.8) is 0 Å². The molecule has 3 N–H and O–H groups in total. The van der Waals surface area contributed by atoms with Crippen LogP contribution in [0.5, 0.6) is 0 Å². The fourth-order valence-electron chi connectivity index (χ4n) is 2.51. The number of benzene rings is 1. The number of fused-ring (bicyclic) bond motifs is 1. The molecule has 0 saturated carbocycles. The summed E-state index contributed by atoms with van der Waals surface area (Å²) in [5, 5.41) is 6.63. The van der Waals surface area contributed by atoms with Crippen LogP contribution in [-0.2, 0) is 4.79 Å². The van der Waals surface area contributed by atoms with Crippen molar-refractivity contribution in [3.05, 3.63) is 36.0 Å². The van der Waals surface area contributed by atoms with Crippen LogP contribution in [0.25, 0.3) is 10.9 Å². The highest BCUT2D eigenvalue weighted by atomic mass is 16.2. The van der Waals surface area contributed by atoms with Crippen LogP contribution in [-0.4, -0.2) is 29.4 Å². The maximum atomic E-state index is 12.2. The summed E-state index contributed by atoms with van der Waals surface area (Å²) >= 11 is 0. The Morgan fingerprint density at radius 3 is 3.05 bits per heavy atom. The van der Waals surface area contributed by atoms with Crippen molar-refractivity contribution in [2.24, 2.45) is 0 Å². The van der Waals surface area contributed by atoms with Gasteiger partial charge in [-0.2, -0.15) is 0 Å². The van der Waals surface area contributed by atoms with E-state index in [-0.39, 0.29) is 11.8 Å². The molecular weight excluding hydrogens is 254 g/mol. The molecule has 0 radical (unpaired) electrons. The third-order valence-corrected chi connectivity index (χ3v) is 3.66. The predicted octanol–water partition coefficient (Wildman–Crippen LogP) is 1.57. The van der Waals surface area contributed by atoms with E-state index in [9.17, 15) is 9.59 Å². The molecule has 0 bridgehead atoms. The molecule has 2 amide bonds. The molecule has 104 valence electrons. The van der Waals surface area contributed by atoms with Crippen LogP contribution >= 0.6 is 0 Å². The normalized spacial score (nSPS) is 19.4. The second-order valence-electron chi connectivity index (χ2n) is 5.09. The molecule has 1 aliphatic heterocycles. The number of carbonyl (C=O) groups is 2. The van der Waals surface area contributed by atoms with E-state index < -0.39 is 6.04 Å². The summed E-state index contributed by atoms with van der Waals surface area (Å²) in [6, 6.07) is 6.97. The molecule has 5 heteroatoms. The molecule has 2 heterocycles. The summed E-state index contributed by atoms with van der Waals surface area (Å²) in [6.45, 7) is 0.695. The number of hydrogen-bond donors (Lipinski definition) is 3. The van der Waals surface area contributed by atoms with Gasteiger partial charge in [0.1, 0.15) is 6.04 Å². The van der Waals surface area contributed by atoms with Gasteiger partial charge in [-0.3, -0.25) is 9.59 Å². The van der Waals surface area contributed by atoms with Crippen molar-refractivity contribution >= 4 is 22.7 Å². The van der Waals surface area contributed by atoms with E-state index in [0.717, 1.165) is 23.7 Å². The van der Waals surface area contributed by atoms with Crippen LogP contribution in [0.3, 0.4) is 0 Å². The Morgan fingerprint density at radius 2 is 2.15 bits per heavy atom. The summed E-state index contributed by atoms with van der Waals surface area (Å²) < 4.78 is 0. The number of hydrogen-bond acceptors (Lipinski definition) is 2. The van der Waals surface area contributed by atoms with Gasteiger partial charge in [0.05, 0.1) is 0 Å². The first-order valence-electron chi connectivity index (χ1n) is 6.90. The lowest BCUT2D eigenvalue weighted by Crippen LogP contribution is -2.45. The summed E-state index contributed by atoms with van der Waals surface area (Å²) in [6.07, 6.45) is 4.45. The molecule has 0 spiro atoms. The lowest BCUT2D eigenvalue weighted by molar-refractivity contribution is -0.122. The Kier molecular flexibility index (Phi) is 3.41. The largest absolute Gasteiger partial charge is 0.361 e. The lowest BCUT2D eigenvalue weighted by atomic mass is 10.1. The average molecular weight is 271 g/mol. The van der Waals surface area contributed by atoms with E-state index in [0.29, 0.717) is 18.5 Å². The molecule has 0 aliphatic carbocycles. The van der Waals surface area contributed by atoms with Gasteiger partial charge in [-0.1, -0.05) is 0 Å². The quantitative estimate of drug-likeness (QED) is 0.775. The number of H-pyrrole nitrogens is 1. The average Bonchev–Trinajstić information content (AvgIpc) is 2.83. The van der Waals surface area contributed by atoms with Gasteiger partial charge in [0, 0.05) is 29.2 Å². The molecule has 1 unspecified atom stereocenters. The highest BCUT2D eigenvalue weighted by molar-refractivity contribution is 6.00. The minimum absolute atomic E-state index is 0.0847. The summed E-state index contributed by atoms with van der Waals surface area (Å²) in [5.41, 5.74) is 1.57. The highest BCUT2D eigenvalue weighted by Gasteiger charge is 2.22. The Hall–Kier alpha value is -2.30. The van der Waals surface area contributed by atoms with Crippen molar-refractivity contribution < 1.29 is 9.59 Å². The van der Waals surface area contributed by atoms with Gasteiger partial charge in [0.15, 0.2) is 0 Å². The Balaban J connectivity index is 1.76. The minimum Gasteiger partial charge on any atom is -0.361 e. The standard InChI is InChI=1S/C15H17N3O2/c19-14(18-13-3-1-2-7-17-15(13)20)11-4-5-12-10(9-11)6-8-16-12/h4-6,8-9,13,16H,1-3,7H2,(H,17,20)(H,18,19). The van der Waals surface area contributed by atoms with Crippen LogP contribution in [0.15, 0.2) is 30.5 Å². The second-order valence-corrected chi connectivity index (χ2v) is 5.09.